The maximum absolute atomic E-state index is 11.9. The highest BCUT2D eigenvalue weighted by Crippen LogP contribution is 2.33. The molecule has 2 heterocycles. The highest BCUT2D eigenvalue weighted by molar-refractivity contribution is 6.33. The Balaban J connectivity index is 2.19. The van der Waals surface area contributed by atoms with Gasteiger partial charge in [0.05, 0.1) is 22.6 Å². The molecule has 3 rings (SSSR count). The van der Waals surface area contributed by atoms with Crippen molar-refractivity contribution in [2.24, 2.45) is 5.73 Å². The van der Waals surface area contributed by atoms with Crippen LogP contribution in [0.1, 0.15) is 22.8 Å². The minimum atomic E-state index is -0.549. The van der Waals surface area contributed by atoms with Crippen molar-refractivity contribution in [2.75, 3.05) is 5.73 Å². The van der Waals surface area contributed by atoms with E-state index in [0.717, 1.165) is 17.5 Å². The Hall–Kier alpha value is -2.86. The van der Waals surface area contributed by atoms with Crippen LogP contribution in [0.2, 0.25) is 5.02 Å². The second-order valence-electron chi connectivity index (χ2n) is 5.30. The third-order valence-corrected chi connectivity index (χ3v) is 4.07. The first-order valence-corrected chi connectivity index (χ1v) is 7.78. The normalized spacial score (nSPS) is 10.8. The molecular formula is C17H16ClN5O. The van der Waals surface area contributed by atoms with Crippen molar-refractivity contribution >= 4 is 23.5 Å². The molecule has 0 aliphatic carbocycles. The number of nitrogen functional groups attached to an aromatic ring is 1. The van der Waals surface area contributed by atoms with Gasteiger partial charge < -0.3 is 16.5 Å². The van der Waals surface area contributed by atoms with Gasteiger partial charge in [-0.3, -0.25) is 4.79 Å². The van der Waals surface area contributed by atoms with E-state index in [0.29, 0.717) is 27.7 Å². The lowest BCUT2D eigenvalue weighted by Crippen LogP contribution is -2.11. The van der Waals surface area contributed by atoms with Gasteiger partial charge in [0.15, 0.2) is 0 Å². The summed E-state index contributed by atoms with van der Waals surface area (Å²) in [5, 5.41) is 0.533. The number of nitrogens with one attached hydrogen (secondary N) is 1. The molecule has 0 unspecified atom stereocenters. The quantitative estimate of drug-likeness (QED) is 0.677. The average Bonchev–Trinajstić information content (AvgIpc) is 3.01. The minimum absolute atomic E-state index is 0.148. The molecule has 0 atom stereocenters. The molecule has 6 nitrogen and oxygen atoms in total. The molecule has 0 fully saturated rings. The molecule has 0 radical (unpaired) electrons. The Morgan fingerprint density at radius 2 is 2.08 bits per heavy atom. The molecular weight excluding hydrogens is 326 g/mol. The van der Waals surface area contributed by atoms with Gasteiger partial charge >= 0.3 is 0 Å². The number of H-pyrrole nitrogens is 1. The van der Waals surface area contributed by atoms with Crippen LogP contribution in [-0.2, 0) is 6.42 Å². The summed E-state index contributed by atoms with van der Waals surface area (Å²) in [5.74, 6) is -0.400. The Morgan fingerprint density at radius 1 is 1.29 bits per heavy atom. The largest absolute Gasteiger partial charge is 0.368 e. The number of hydrogen-bond acceptors (Lipinski definition) is 4. The zero-order valence-electron chi connectivity index (χ0n) is 13.0. The van der Waals surface area contributed by atoms with Gasteiger partial charge in [-0.1, -0.05) is 24.6 Å². The van der Waals surface area contributed by atoms with Crippen LogP contribution in [0.15, 0.2) is 36.5 Å². The van der Waals surface area contributed by atoms with Crippen molar-refractivity contribution in [2.45, 2.75) is 13.3 Å². The van der Waals surface area contributed by atoms with Crippen LogP contribution >= 0.6 is 11.6 Å². The van der Waals surface area contributed by atoms with Crippen LogP contribution in [0.5, 0.6) is 0 Å². The number of benzene rings is 1. The second kappa shape index (κ2) is 6.33. The molecule has 5 N–H and O–H groups in total. The summed E-state index contributed by atoms with van der Waals surface area (Å²) in [7, 11) is 0. The highest BCUT2D eigenvalue weighted by Gasteiger charge is 2.18. The molecule has 0 spiro atoms. The van der Waals surface area contributed by atoms with Gasteiger partial charge in [0.1, 0.15) is 0 Å². The van der Waals surface area contributed by atoms with Gasteiger partial charge in [0.25, 0.3) is 5.91 Å². The molecule has 0 saturated heterocycles. The average molecular weight is 342 g/mol. The summed E-state index contributed by atoms with van der Waals surface area (Å²) in [4.78, 5) is 23.1. The number of carbonyl (C=O) groups excluding carboxylic acids is 1. The number of primary amides is 1. The SMILES string of the molecule is CCc1ccc(Cl)c(-c2[nH]c(-c3ccnc(N)n3)cc2C(N)=O)c1. The predicted octanol–water partition coefficient (Wildman–Crippen LogP) is 3.04. The number of amides is 1. The van der Waals surface area contributed by atoms with Crippen molar-refractivity contribution in [1.82, 2.24) is 15.0 Å². The van der Waals surface area contributed by atoms with Crippen LogP contribution < -0.4 is 11.5 Å². The van der Waals surface area contributed by atoms with Crippen LogP contribution in [-0.4, -0.2) is 20.9 Å². The van der Waals surface area contributed by atoms with Gasteiger partial charge in [-0.25, -0.2) is 9.97 Å². The van der Waals surface area contributed by atoms with E-state index in [1.807, 2.05) is 25.1 Å². The lowest BCUT2D eigenvalue weighted by atomic mass is 10.0. The Morgan fingerprint density at radius 3 is 2.75 bits per heavy atom. The first kappa shape index (κ1) is 16.0. The number of nitrogens with zero attached hydrogens (tertiary/aromatic N) is 2. The third-order valence-electron chi connectivity index (χ3n) is 3.74. The second-order valence-corrected chi connectivity index (χ2v) is 5.71. The summed E-state index contributed by atoms with van der Waals surface area (Å²) in [5.41, 5.74) is 15.1. The molecule has 0 aliphatic heterocycles. The summed E-state index contributed by atoms with van der Waals surface area (Å²) in [6.45, 7) is 2.05. The van der Waals surface area contributed by atoms with E-state index in [4.69, 9.17) is 23.1 Å². The fourth-order valence-electron chi connectivity index (χ4n) is 2.51. The number of hydrogen-bond donors (Lipinski definition) is 3. The lowest BCUT2D eigenvalue weighted by molar-refractivity contribution is 0.100. The van der Waals surface area contributed by atoms with Gasteiger partial charge in [0, 0.05) is 16.8 Å². The molecule has 24 heavy (non-hydrogen) atoms. The molecule has 0 saturated carbocycles. The first-order valence-electron chi connectivity index (χ1n) is 7.40. The van der Waals surface area contributed by atoms with Gasteiger partial charge in [0.2, 0.25) is 5.95 Å². The zero-order valence-corrected chi connectivity index (χ0v) is 13.8. The van der Waals surface area contributed by atoms with E-state index in [9.17, 15) is 4.79 Å². The van der Waals surface area contributed by atoms with Gasteiger partial charge in [-0.05, 0) is 36.2 Å². The summed E-state index contributed by atoms with van der Waals surface area (Å²) >= 11 is 6.33. The topological polar surface area (TPSA) is 111 Å². The Kier molecular flexibility index (Phi) is 4.22. The molecule has 122 valence electrons. The summed E-state index contributed by atoms with van der Waals surface area (Å²) < 4.78 is 0. The van der Waals surface area contributed by atoms with Gasteiger partial charge in [-0.15, -0.1) is 0 Å². The maximum atomic E-state index is 11.9. The molecule has 3 aromatic rings. The monoisotopic (exact) mass is 341 g/mol. The van der Waals surface area contributed by atoms with Crippen LogP contribution in [0.4, 0.5) is 5.95 Å². The van der Waals surface area contributed by atoms with Crippen molar-refractivity contribution in [3.63, 3.8) is 0 Å². The molecule has 7 heteroatoms. The zero-order chi connectivity index (χ0) is 17.3. The van der Waals surface area contributed by atoms with Crippen LogP contribution in [0, 0.1) is 0 Å². The number of aromatic nitrogens is 3. The smallest absolute Gasteiger partial charge is 0.250 e. The number of nitrogens with two attached hydrogens (primary N) is 2. The van der Waals surface area contributed by atoms with Crippen molar-refractivity contribution in [3.8, 4) is 22.6 Å². The Labute approximate surface area is 143 Å². The fourth-order valence-corrected chi connectivity index (χ4v) is 2.72. The first-order chi connectivity index (χ1) is 11.5. The Bertz CT molecular complexity index is 919. The highest BCUT2D eigenvalue weighted by atomic mass is 35.5. The van der Waals surface area contributed by atoms with E-state index in [2.05, 4.69) is 15.0 Å². The summed E-state index contributed by atoms with van der Waals surface area (Å²) in [6.07, 6.45) is 2.40. The number of aryl methyl sites for hydroxylation is 1. The number of halogens is 1. The number of rotatable bonds is 4. The predicted molar refractivity (Wildman–Crippen MR) is 94.6 cm³/mol. The van der Waals surface area contributed by atoms with E-state index >= 15 is 0 Å². The van der Waals surface area contributed by atoms with Crippen LogP contribution in [0.25, 0.3) is 22.6 Å². The van der Waals surface area contributed by atoms with E-state index in [-0.39, 0.29) is 5.95 Å². The van der Waals surface area contributed by atoms with Gasteiger partial charge in [-0.2, -0.15) is 0 Å². The fraction of sp³-hybridized carbons (Fsp3) is 0.118. The number of aromatic amines is 1. The van der Waals surface area contributed by atoms with Crippen molar-refractivity contribution in [1.29, 1.82) is 0 Å². The number of anilines is 1. The van der Waals surface area contributed by atoms with Crippen molar-refractivity contribution < 1.29 is 4.79 Å². The molecule has 0 aliphatic rings. The van der Waals surface area contributed by atoms with Crippen LogP contribution in [0.3, 0.4) is 0 Å². The standard InChI is InChI=1S/C17H16ClN5O/c1-2-9-3-4-12(18)10(7-9)15-11(16(19)24)8-14(22-15)13-5-6-21-17(20)23-13/h3-8,22H,2H2,1H3,(H2,19,24)(H2,20,21,23). The molecule has 1 amide bonds. The number of carbonyl (C=O) groups is 1. The lowest BCUT2D eigenvalue weighted by Gasteiger charge is -2.07. The summed E-state index contributed by atoms with van der Waals surface area (Å²) in [6, 6.07) is 9.04. The molecule has 2 aromatic heterocycles. The van der Waals surface area contributed by atoms with E-state index in [1.54, 1.807) is 18.3 Å². The van der Waals surface area contributed by atoms with E-state index < -0.39 is 5.91 Å². The molecule has 1 aromatic carbocycles. The molecule has 0 bridgehead atoms. The van der Waals surface area contributed by atoms with E-state index in [1.165, 1.54) is 0 Å². The van der Waals surface area contributed by atoms with Crippen molar-refractivity contribution in [3.05, 3.63) is 52.7 Å². The minimum Gasteiger partial charge on any atom is -0.368 e. The maximum Gasteiger partial charge on any atom is 0.250 e. The third kappa shape index (κ3) is 2.96.